The van der Waals surface area contributed by atoms with E-state index >= 15 is 0 Å². The molecule has 0 radical (unpaired) electrons. The summed E-state index contributed by atoms with van der Waals surface area (Å²) in [4.78, 5) is 22.0. The van der Waals surface area contributed by atoms with Gasteiger partial charge in [-0.2, -0.15) is 0 Å². The third-order valence-corrected chi connectivity index (χ3v) is 5.95. The van der Waals surface area contributed by atoms with E-state index in [-0.39, 0.29) is 0 Å². The zero-order chi connectivity index (χ0) is 20.9. The number of hydrogen-bond acceptors (Lipinski definition) is 6. The molecule has 2 aliphatic carbocycles. The van der Waals surface area contributed by atoms with Crippen molar-refractivity contribution in [3.8, 4) is 0 Å². The van der Waals surface area contributed by atoms with E-state index in [1.54, 1.807) is 0 Å². The summed E-state index contributed by atoms with van der Waals surface area (Å²) in [5, 5.41) is 0. The Kier molecular flexibility index (Phi) is 11.0. The van der Waals surface area contributed by atoms with Crippen LogP contribution in [0, 0.1) is 11.8 Å². The Bertz CT molecular complexity index is 469. The number of rotatable bonds is 12. The highest BCUT2D eigenvalue weighted by Crippen LogP contribution is 2.36. The third kappa shape index (κ3) is 9.59. The molecule has 0 atom stereocenters. The van der Waals surface area contributed by atoms with E-state index in [9.17, 15) is 9.59 Å². The second kappa shape index (κ2) is 13.5. The number of esters is 2. The lowest BCUT2D eigenvalue weighted by Gasteiger charge is -2.34. The van der Waals surface area contributed by atoms with Crippen molar-refractivity contribution in [1.29, 1.82) is 0 Å². The molecule has 164 valence electrons. The summed E-state index contributed by atoms with van der Waals surface area (Å²) in [7, 11) is 0. The summed E-state index contributed by atoms with van der Waals surface area (Å²) in [6.07, 6.45) is 13.6. The number of ether oxygens (including phenoxy) is 4. The standard InChI is InChI=1S/C23H36O6/c1-3-22(24)28-15-13-26-20-9-5-18(6-10-20)17-19-7-11-21(12-8-19)27-14-16-29-23(25)4-2/h3-4,18-21H,1-2,5-17H2. The zero-order valence-corrected chi connectivity index (χ0v) is 17.5. The van der Waals surface area contributed by atoms with Crippen molar-refractivity contribution in [2.24, 2.45) is 11.8 Å². The molecule has 0 aromatic carbocycles. The second-order valence-electron chi connectivity index (χ2n) is 8.01. The fraction of sp³-hybridized carbons (Fsp3) is 0.739. The molecule has 0 aromatic rings. The average Bonchev–Trinajstić information content (AvgIpc) is 2.76. The van der Waals surface area contributed by atoms with E-state index in [1.165, 1.54) is 44.3 Å². The fourth-order valence-corrected chi connectivity index (χ4v) is 4.37. The predicted octanol–water partition coefficient (Wildman–Crippen LogP) is 3.99. The van der Waals surface area contributed by atoms with Gasteiger partial charge in [-0.1, -0.05) is 13.2 Å². The molecule has 0 saturated heterocycles. The first kappa shape index (κ1) is 23.6. The lowest BCUT2D eigenvalue weighted by atomic mass is 9.76. The van der Waals surface area contributed by atoms with Gasteiger partial charge < -0.3 is 18.9 Å². The smallest absolute Gasteiger partial charge is 0.330 e. The normalized spacial score (nSPS) is 27.0. The first-order valence-electron chi connectivity index (χ1n) is 10.9. The summed E-state index contributed by atoms with van der Waals surface area (Å²) >= 11 is 0. The number of carbonyl (C=O) groups is 2. The average molecular weight is 409 g/mol. The lowest BCUT2D eigenvalue weighted by Crippen LogP contribution is -2.27. The fourth-order valence-electron chi connectivity index (χ4n) is 4.37. The van der Waals surface area contributed by atoms with E-state index in [4.69, 9.17) is 18.9 Å². The van der Waals surface area contributed by atoms with Gasteiger partial charge in [0, 0.05) is 12.2 Å². The molecule has 2 fully saturated rings. The minimum atomic E-state index is -0.395. The number of carbonyl (C=O) groups excluding carboxylic acids is 2. The van der Waals surface area contributed by atoms with Crippen molar-refractivity contribution in [1.82, 2.24) is 0 Å². The van der Waals surface area contributed by atoms with Gasteiger partial charge in [-0.15, -0.1) is 0 Å². The van der Waals surface area contributed by atoms with Crippen LogP contribution in [0.2, 0.25) is 0 Å². The molecule has 0 unspecified atom stereocenters. The molecule has 0 aliphatic heterocycles. The second-order valence-corrected chi connectivity index (χ2v) is 8.01. The molecule has 0 spiro atoms. The topological polar surface area (TPSA) is 71.1 Å². The van der Waals surface area contributed by atoms with Gasteiger partial charge in [-0.05, 0) is 69.6 Å². The van der Waals surface area contributed by atoms with Crippen LogP contribution in [0.25, 0.3) is 0 Å². The monoisotopic (exact) mass is 408 g/mol. The molecule has 6 nitrogen and oxygen atoms in total. The molecule has 2 saturated carbocycles. The molecule has 0 heterocycles. The van der Waals surface area contributed by atoms with Crippen LogP contribution in [0.15, 0.2) is 25.3 Å². The zero-order valence-electron chi connectivity index (χ0n) is 17.5. The minimum Gasteiger partial charge on any atom is -0.460 e. The Balaban J connectivity index is 1.50. The minimum absolute atomic E-state index is 0.298. The summed E-state index contributed by atoms with van der Waals surface area (Å²) in [6.45, 7) is 8.27. The van der Waals surface area contributed by atoms with Gasteiger partial charge >= 0.3 is 11.9 Å². The van der Waals surface area contributed by atoms with Crippen molar-refractivity contribution in [3.63, 3.8) is 0 Å². The van der Waals surface area contributed by atoms with E-state index in [1.807, 2.05) is 0 Å². The first-order valence-corrected chi connectivity index (χ1v) is 10.9. The highest BCUT2D eigenvalue weighted by Gasteiger charge is 2.27. The molecular formula is C23H36O6. The van der Waals surface area contributed by atoms with Crippen LogP contribution in [0.5, 0.6) is 0 Å². The van der Waals surface area contributed by atoms with Gasteiger partial charge in [0.2, 0.25) is 0 Å². The van der Waals surface area contributed by atoms with Gasteiger partial charge in [0.25, 0.3) is 0 Å². The van der Waals surface area contributed by atoms with Gasteiger partial charge in [-0.25, -0.2) is 9.59 Å². The van der Waals surface area contributed by atoms with Gasteiger partial charge in [0.05, 0.1) is 25.4 Å². The molecule has 2 rings (SSSR count). The molecule has 0 N–H and O–H groups in total. The van der Waals surface area contributed by atoms with Gasteiger partial charge in [0.1, 0.15) is 13.2 Å². The molecule has 0 aromatic heterocycles. The Morgan fingerprint density at radius 3 is 1.38 bits per heavy atom. The van der Waals surface area contributed by atoms with Crippen LogP contribution in [-0.2, 0) is 28.5 Å². The van der Waals surface area contributed by atoms with Crippen molar-refractivity contribution in [3.05, 3.63) is 25.3 Å². The summed E-state index contributed by atoms with van der Waals surface area (Å²) in [6, 6.07) is 0. The lowest BCUT2D eigenvalue weighted by molar-refractivity contribution is -0.141. The summed E-state index contributed by atoms with van der Waals surface area (Å²) in [5.41, 5.74) is 0. The molecule has 0 amide bonds. The van der Waals surface area contributed by atoms with Crippen molar-refractivity contribution < 1.29 is 28.5 Å². The molecular weight excluding hydrogens is 372 g/mol. The maximum Gasteiger partial charge on any atom is 0.330 e. The predicted molar refractivity (Wildman–Crippen MR) is 110 cm³/mol. The molecule has 6 heteroatoms. The molecule has 0 bridgehead atoms. The number of hydrogen-bond donors (Lipinski definition) is 0. The van der Waals surface area contributed by atoms with Crippen molar-refractivity contribution in [2.75, 3.05) is 26.4 Å². The summed E-state index contributed by atoms with van der Waals surface area (Å²) in [5.74, 6) is 0.811. The van der Waals surface area contributed by atoms with Gasteiger partial charge in [0.15, 0.2) is 0 Å². The Hall–Kier alpha value is -1.66. The molecule has 29 heavy (non-hydrogen) atoms. The van der Waals surface area contributed by atoms with E-state index in [0.29, 0.717) is 38.6 Å². The largest absolute Gasteiger partial charge is 0.460 e. The van der Waals surface area contributed by atoms with Crippen LogP contribution in [-0.4, -0.2) is 50.6 Å². The summed E-state index contributed by atoms with van der Waals surface area (Å²) < 4.78 is 21.6. The Morgan fingerprint density at radius 2 is 1.03 bits per heavy atom. The van der Waals surface area contributed by atoms with Crippen molar-refractivity contribution >= 4 is 11.9 Å². The Morgan fingerprint density at radius 1 is 0.655 bits per heavy atom. The van der Waals surface area contributed by atoms with Crippen LogP contribution in [0.1, 0.15) is 57.8 Å². The maximum atomic E-state index is 11.0. The van der Waals surface area contributed by atoms with E-state index in [2.05, 4.69) is 13.2 Å². The van der Waals surface area contributed by atoms with E-state index in [0.717, 1.165) is 37.5 Å². The van der Waals surface area contributed by atoms with Gasteiger partial charge in [-0.3, -0.25) is 0 Å². The van der Waals surface area contributed by atoms with Crippen LogP contribution >= 0.6 is 0 Å². The Labute approximate surface area is 174 Å². The highest BCUT2D eigenvalue weighted by molar-refractivity contribution is 5.81. The maximum absolute atomic E-state index is 11.0. The quantitative estimate of drug-likeness (QED) is 0.276. The SMILES string of the molecule is C=CC(=O)OCCOC1CCC(CC2CCC(OCCOC(=O)C=C)CC2)CC1. The van der Waals surface area contributed by atoms with Crippen molar-refractivity contribution in [2.45, 2.75) is 70.0 Å². The highest BCUT2D eigenvalue weighted by atomic mass is 16.6. The third-order valence-electron chi connectivity index (χ3n) is 5.95. The first-order chi connectivity index (χ1) is 14.1. The van der Waals surface area contributed by atoms with Crippen LogP contribution in [0.3, 0.4) is 0 Å². The van der Waals surface area contributed by atoms with Crippen LogP contribution in [0.4, 0.5) is 0 Å². The molecule has 2 aliphatic rings. The van der Waals surface area contributed by atoms with Crippen LogP contribution < -0.4 is 0 Å². The van der Waals surface area contributed by atoms with E-state index < -0.39 is 11.9 Å².